The second-order valence-electron chi connectivity index (χ2n) is 6.15. The normalized spacial score (nSPS) is 35.3. The average Bonchev–Trinajstić information content (AvgIpc) is 3.02. The maximum absolute atomic E-state index is 13.2. The van der Waals surface area contributed by atoms with Gasteiger partial charge in [-0.1, -0.05) is 30.3 Å². The first-order valence-corrected chi connectivity index (χ1v) is 7.47. The van der Waals surface area contributed by atoms with E-state index in [2.05, 4.69) is 12.1 Å². The number of aliphatic hydroxyl groups excluding tert-OH is 1. The molecule has 1 N–H and O–H groups in total. The fourth-order valence-electron chi connectivity index (χ4n) is 4.16. The van der Waals surface area contributed by atoms with Gasteiger partial charge in [0.1, 0.15) is 6.04 Å². The molecule has 2 fully saturated rings. The highest BCUT2D eigenvalue weighted by Crippen LogP contribution is 2.44. The van der Waals surface area contributed by atoms with E-state index in [1.165, 1.54) is 12.8 Å². The Kier molecular flexibility index (Phi) is 3.61. The zero-order valence-electron chi connectivity index (χ0n) is 11.4. The quantitative estimate of drug-likeness (QED) is 0.668. The number of quaternary nitrogens is 1. The monoisotopic (exact) mass is 261 g/mol. The summed E-state index contributed by atoms with van der Waals surface area (Å²) in [6.07, 6.45) is 5.22. The molecule has 104 valence electrons. The van der Waals surface area contributed by atoms with Gasteiger partial charge in [-0.3, -0.25) is 0 Å². The predicted octanol–water partition coefficient (Wildman–Crippen LogP) is 2.48. The summed E-state index contributed by atoms with van der Waals surface area (Å²) >= 11 is 0. The topological polar surface area (TPSA) is 43.3 Å². The van der Waals surface area contributed by atoms with Crippen LogP contribution in [0.25, 0.3) is 0 Å². The van der Waals surface area contributed by atoms with Gasteiger partial charge in [-0.25, -0.2) is 0 Å². The lowest BCUT2D eigenvalue weighted by Crippen LogP contribution is -2.56. The Bertz CT molecular complexity index is 422. The highest BCUT2D eigenvalue weighted by molar-refractivity contribution is 5.15. The van der Waals surface area contributed by atoms with Crippen LogP contribution < -0.4 is 0 Å². The van der Waals surface area contributed by atoms with E-state index < -0.39 is 0 Å². The van der Waals surface area contributed by atoms with E-state index in [1.54, 1.807) is 0 Å². The second kappa shape index (κ2) is 5.23. The van der Waals surface area contributed by atoms with Crippen LogP contribution in [0.5, 0.6) is 0 Å². The maximum atomic E-state index is 13.2. The van der Waals surface area contributed by atoms with E-state index in [0.29, 0.717) is 18.9 Å². The zero-order valence-corrected chi connectivity index (χ0v) is 11.4. The highest BCUT2D eigenvalue weighted by Gasteiger charge is 2.48. The molecule has 1 aromatic carbocycles. The van der Waals surface area contributed by atoms with Crippen LogP contribution in [0.15, 0.2) is 30.3 Å². The van der Waals surface area contributed by atoms with Crippen molar-refractivity contribution in [2.24, 2.45) is 5.92 Å². The molecule has 0 bridgehead atoms. The van der Waals surface area contributed by atoms with E-state index in [0.717, 1.165) is 18.4 Å². The van der Waals surface area contributed by atoms with Crippen molar-refractivity contribution in [3.63, 3.8) is 0 Å². The third kappa shape index (κ3) is 2.31. The summed E-state index contributed by atoms with van der Waals surface area (Å²) < 4.78 is -0.143. The van der Waals surface area contributed by atoms with Crippen LogP contribution in [-0.2, 0) is 6.42 Å². The third-order valence-corrected chi connectivity index (χ3v) is 5.17. The van der Waals surface area contributed by atoms with Crippen molar-refractivity contribution in [2.45, 2.75) is 44.2 Å². The van der Waals surface area contributed by atoms with Gasteiger partial charge in [0.25, 0.3) is 0 Å². The van der Waals surface area contributed by atoms with Crippen LogP contribution in [0.4, 0.5) is 0 Å². The third-order valence-electron chi connectivity index (χ3n) is 5.17. The molecule has 19 heavy (non-hydrogen) atoms. The van der Waals surface area contributed by atoms with Gasteiger partial charge < -0.3 is 15.0 Å². The molecule has 1 heterocycles. The van der Waals surface area contributed by atoms with E-state index in [-0.39, 0.29) is 23.3 Å². The number of hydrogen-bond donors (Lipinski definition) is 1. The number of fused-ring (bicyclic) bond motifs is 1. The Morgan fingerprint density at radius 1 is 1.21 bits per heavy atom. The molecule has 1 unspecified atom stereocenters. The van der Waals surface area contributed by atoms with Crippen LogP contribution in [0.3, 0.4) is 0 Å². The highest BCUT2D eigenvalue weighted by atomic mass is 16.6. The van der Waals surface area contributed by atoms with E-state index in [1.807, 2.05) is 18.2 Å². The van der Waals surface area contributed by atoms with Gasteiger partial charge in [0.05, 0.1) is 19.2 Å². The molecule has 1 saturated heterocycles. The van der Waals surface area contributed by atoms with Crippen LogP contribution in [0.1, 0.15) is 31.2 Å². The molecule has 0 aromatic heterocycles. The summed E-state index contributed by atoms with van der Waals surface area (Å²) in [5.41, 5.74) is 1.16. The SMILES string of the molecule is [O-][N+]1([C@H](CO)Cc2ccccc2)CC[C@@H]2CCC[C@@H]21. The molecule has 1 aliphatic carbocycles. The molecule has 0 amide bonds. The number of benzene rings is 1. The lowest BCUT2D eigenvalue weighted by Gasteiger charge is -2.49. The summed E-state index contributed by atoms with van der Waals surface area (Å²) in [6, 6.07) is 10.2. The number of aliphatic hydroxyl groups is 1. The lowest BCUT2D eigenvalue weighted by atomic mass is 10.0. The van der Waals surface area contributed by atoms with Gasteiger partial charge in [-0.05, 0) is 18.4 Å². The van der Waals surface area contributed by atoms with Crippen molar-refractivity contribution in [3.8, 4) is 0 Å². The average molecular weight is 261 g/mol. The minimum absolute atomic E-state index is 0.00160. The van der Waals surface area contributed by atoms with Crippen LogP contribution in [0.2, 0.25) is 0 Å². The molecule has 3 rings (SSSR count). The fourth-order valence-corrected chi connectivity index (χ4v) is 4.16. The van der Waals surface area contributed by atoms with Crippen molar-refractivity contribution in [3.05, 3.63) is 41.1 Å². The fraction of sp³-hybridized carbons (Fsp3) is 0.625. The Hall–Kier alpha value is -0.900. The first kappa shape index (κ1) is 13.1. The van der Waals surface area contributed by atoms with E-state index in [9.17, 15) is 10.3 Å². The van der Waals surface area contributed by atoms with Crippen LogP contribution in [0, 0.1) is 11.1 Å². The molecule has 3 nitrogen and oxygen atoms in total. The van der Waals surface area contributed by atoms with Crippen molar-refractivity contribution in [2.75, 3.05) is 13.2 Å². The largest absolute Gasteiger partial charge is 0.632 e. The van der Waals surface area contributed by atoms with Gasteiger partial charge in [-0.2, -0.15) is 0 Å². The predicted molar refractivity (Wildman–Crippen MR) is 75.3 cm³/mol. The smallest absolute Gasteiger partial charge is 0.116 e. The van der Waals surface area contributed by atoms with Crippen LogP contribution in [-0.4, -0.2) is 35.0 Å². The maximum Gasteiger partial charge on any atom is 0.116 e. The van der Waals surface area contributed by atoms with Crippen LogP contribution >= 0.6 is 0 Å². The molecular weight excluding hydrogens is 238 g/mol. The molecule has 1 aliphatic heterocycles. The van der Waals surface area contributed by atoms with Crippen molar-refractivity contribution < 1.29 is 9.75 Å². The van der Waals surface area contributed by atoms with E-state index in [4.69, 9.17) is 0 Å². The van der Waals surface area contributed by atoms with Crippen molar-refractivity contribution in [1.29, 1.82) is 0 Å². The molecule has 1 saturated carbocycles. The van der Waals surface area contributed by atoms with Gasteiger partial charge in [-0.15, -0.1) is 0 Å². The molecule has 0 radical (unpaired) electrons. The molecule has 3 heteroatoms. The number of likely N-dealkylation sites (tertiary alicyclic amines) is 1. The summed E-state index contributed by atoms with van der Waals surface area (Å²) in [7, 11) is 0. The Labute approximate surface area is 115 Å². The summed E-state index contributed by atoms with van der Waals surface area (Å²) in [6.45, 7) is 0.703. The molecule has 1 aromatic rings. The van der Waals surface area contributed by atoms with Crippen molar-refractivity contribution >= 4 is 0 Å². The minimum atomic E-state index is -0.185. The number of hydrogen-bond acceptors (Lipinski definition) is 2. The Balaban J connectivity index is 1.78. The van der Waals surface area contributed by atoms with Gasteiger partial charge in [0, 0.05) is 25.2 Å². The van der Waals surface area contributed by atoms with Gasteiger partial charge in [0.2, 0.25) is 0 Å². The Morgan fingerprint density at radius 3 is 2.74 bits per heavy atom. The Morgan fingerprint density at radius 2 is 2.00 bits per heavy atom. The van der Waals surface area contributed by atoms with Crippen molar-refractivity contribution in [1.82, 2.24) is 0 Å². The first-order valence-electron chi connectivity index (χ1n) is 7.47. The number of rotatable bonds is 4. The zero-order chi connectivity index (χ0) is 13.3. The lowest BCUT2D eigenvalue weighted by molar-refractivity contribution is -0.918. The molecule has 4 atom stereocenters. The summed E-state index contributed by atoms with van der Waals surface area (Å²) in [5, 5.41) is 22.9. The number of nitrogens with zero attached hydrogens (tertiary/aromatic N) is 1. The van der Waals surface area contributed by atoms with Gasteiger partial charge >= 0.3 is 0 Å². The molecule has 2 aliphatic rings. The van der Waals surface area contributed by atoms with E-state index >= 15 is 0 Å². The minimum Gasteiger partial charge on any atom is -0.632 e. The first-order chi connectivity index (χ1) is 9.24. The second-order valence-corrected chi connectivity index (χ2v) is 6.15. The summed E-state index contributed by atoms with van der Waals surface area (Å²) in [4.78, 5) is 0. The molecular formula is C16H23NO2. The number of hydroxylamine groups is 3. The standard InChI is InChI=1S/C16H23NO2/c18-12-15(11-13-5-2-1-3-6-13)17(19)10-9-14-7-4-8-16(14)17/h1-3,5-6,14-16,18H,4,7-12H2/t14-,15-,16-,17?/m0/s1. The summed E-state index contributed by atoms with van der Waals surface area (Å²) in [5.74, 6) is 0.613. The van der Waals surface area contributed by atoms with Gasteiger partial charge in [0.15, 0.2) is 0 Å². The molecule has 0 spiro atoms.